The molecule has 23 heavy (non-hydrogen) atoms. The van der Waals surface area contributed by atoms with Crippen molar-refractivity contribution in [3.8, 4) is 11.5 Å². The summed E-state index contributed by atoms with van der Waals surface area (Å²) in [6.45, 7) is 0. The molecule has 0 N–H and O–H groups in total. The average Bonchev–Trinajstić information content (AvgIpc) is 2.42. The largest absolute Gasteiger partial charge is 0.453 e. The van der Waals surface area contributed by atoms with E-state index in [1.54, 1.807) is 0 Å². The third-order valence-corrected chi connectivity index (χ3v) is 4.25. The normalized spacial score (nSPS) is 11.3. The first-order valence-electron chi connectivity index (χ1n) is 5.65. The van der Waals surface area contributed by atoms with E-state index >= 15 is 0 Å². The summed E-state index contributed by atoms with van der Waals surface area (Å²) in [6, 6.07) is 5.05. The summed E-state index contributed by atoms with van der Waals surface area (Å²) in [5, 5.41) is 9.99. The lowest BCUT2D eigenvalue weighted by Gasteiger charge is -2.11. The highest BCUT2D eigenvalue weighted by atomic mass is 35.5. The summed E-state index contributed by atoms with van der Waals surface area (Å²) < 4.78 is 40.0. The molecule has 0 spiro atoms. The van der Waals surface area contributed by atoms with Crippen LogP contribution in [0.2, 0.25) is 15.1 Å². The molecule has 0 saturated heterocycles. The van der Waals surface area contributed by atoms with Crippen LogP contribution in [-0.4, -0.2) is 13.3 Å². The van der Waals surface area contributed by atoms with E-state index in [1.807, 2.05) is 0 Å². The average molecular weight is 401 g/mol. The molecule has 0 bridgehead atoms. The first kappa shape index (κ1) is 17.7. The smallest absolute Gasteiger partial charge is 0.332 e. The number of hydrogen-bond acceptors (Lipinski definition) is 5. The van der Waals surface area contributed by atoms with Gasteiger partial charge in [0.05, 0.1) is 20.0 Å². The van der Waals surface area contributed by atoms with Gasteiger partial charge in [0.2, 0.25) is 0 Å². The Kier molecular flexibility index (Phi) is 5.00. The molecule has 2 rings (SSSR count). The molecule has 122 valence electrons. The number of benzene rings is 2. The molecular formula is C12H5Cl3FNO5S. The molecule has 2 aromatic rings. The van der Waals surface area contributed by atoms with Crippen LogP contribution in [0.4, 0.5) is 9.57 Å². The van der Waals surface area contributed by atoms with E-state index in [4.69, 9.17) is 39.5 Å². The second-order valence-corrected chi connectivity index (χ2v) is 6.70. The second-order valence-electron chi connectivity index (χ2n) is 4.13. The summed E-state index contributed by atoms with van der Waals surface area (Å²) in [5.74, 6) is -0.173. The highest BCUT2D eigenvalue weighted by Gasteiger charge is 2.20. The fourth-order valence-corrected chi connectivity index (χ4v) is 3.00. The number of nitro groups is 1. The maximum absolute atomic E-state index is 13.0. The molecule has 6 nitrogen and oxygen atoms in total. The summed E-state index contributed by atoms with van der Waals surface area (Å²) in [5.41, 5.74) is -0.251. The molecule has 0 radical (unpaired) electrons. The van der Waals surface area contributed by atoms with Crippen LogP contribution >= 0.6 is 34.8 Å². The SMILES string of the molecule is O=[N+]([O-])c1ccc(Oc2c(Cl)cc(S(=O)(=O)F)cc2Cl)c(Cl)c1. The highest BCUT2D eigenvalue weighted by Crippen LogP contribution is 2.41. The quantitative estimate of drug-likeness (QED) is 0.409. The Morgan fingerprint density at radius 1 is 1.04 bits per heavy atom. The summed E-state index contributed by atoms with van der Waals surface area (Å²) >= 11 is 17.5. The Morgan fingerprint density at radius 2 is 1.61 bits per heavy atom. The van der Waals surface area contributed by atoms with Crippen molar-refractivity contribution < 1.29 is 22.0 Å². The molecule has 0 saturated carbocycles. The van der Waals surface area contributed by atoms with Crippen molar-refractivity contribution in [2.75, 3.05) is 0 Å². The van der Waals surface area contributed by atoms with Gasteiger partial charge < -0.3 is 4.74 Å². The van der Waals surface area contributed by atoms with Crippen molar-refractivity contribution in [2.24, 2.45) is 0 Å². The minimum Gasteiger partial charge on any atom is -0.453 e. The fraction of sp³-hybridized carbons (Fsp3) is 0. The zero-order chi connectivity index (χ0) is 17.4. The predicted molar refractivity (Wildman–Crippen MR) is 82.9 cm³/mol. The lowest BCUT2D eigenvalue weighted by molar-refractivity contribution is -0.384. The van der Waals surface area contributed by atoms with E-state index in [2.05, 4.69) is 0 Å². The van der Waals surface area contributed by atoms with E-state index in [9.17, 15) is 22.4 Å². The first-order chi connectivity index (χ1) is 10.6. The van der Waals surface area contributed by atoms with Gasteiger partial charge in [-0.1, -0.05) is 34.8 Å². The topological polar surface area (TPSA) is 86.5 Å². The number of nitrogens with zero attached hydrogens (tertiary/aromatic N) is 1. The molecular weight excluding hydrogens is 396 g/mol. The second kappa shape index (κ2) is 6.48. The number of rotatable bonds is 4. The van der Waals surface area contributed by atoms with Crippen LogP contribution in [0.25, 0.3) is 0 Å². The third-order valence-electron chi connectivity index (χ3n) is 2.59. The molecule has 0 aliphatic heterocycles. The van der Waals surface area contributed by atoms with Crippen molar-refractivity contribution in [1.29, 1.82) is 0 Å². The molecule has 11 heteroatoms. The zero-order valence-electron chi connectivity index (χ0n) is 10.8. The van der Waals surface area contributed by atoms with Gasteiger partial charge >= 0.3 is 10.2 Å². The first-order valence-corrected chi connectivity index (χ1v) is 8.17. The third kappa shape index (κ3) is 4.03. The van der Waals surface area contributed by atoms with E-state index in [-0.39, 0.29) is 32.3 Å². The minimum absolute atomic E-state index is 0.00285. The fourth-order valence-electron chi connectivity index (χ4n) is 1.57. The number of ether oxygens (including phenoxy) is 1. The molecule has 0 amide bonds. The summed E-state index contributed by atoms with van der Waals surface area (Å²) in [6.07, 6.45) is 0. The predicted octanol–water partition coefficient (Wildman–Crippen LogP) is 5.01. The Morgan fingerprint density at radius 3 is 2.04 bits per heavy atom. The van der Waals surface area contributed by atoms with Crippen LogP contribution in [0, 0.1) is 10.1 Å². The number of nitro benzene ring substituents is 1. The van der Waals surface area contributed by atoms with Gasteiger partial charge in [-0.25, -0.2) is 0 Å². The van der Waals surface area contributed by atoms with Crippen LogP contribution < -0.4 is 4.74 Å². The standard InChI is InChI=1S/C12H5Cl3FNO5S/c13-8-3-6(17(18)19)1-2-11(8)22-12-9(14)4-7(5-10(12)15)23(16,20)21/h1-5H. The lowest BCUT2D eigenvalue weighted by atomic mass is 10.3. The van der Waals surface area contributed by atoms with Crippen LogP contribution in [0.15, 0.2) is 35.2 Å². The molecule has 0 heterocycles. The Bertz CT molecular complexity index is 881. The van der Waals surface area contributed by atoms with Gasteiger partial charge in [0.15, 0.2) is 5.75 Å². The van der Waals surface area contributed by atoms with Gasteiger partial charge in [-0.05, 0) is 18.2 Å². The molecule has 0 aliphatic rings. The van der Waals surface area contributed by atoms with E-state index in [0.29, 0.717) is 0 Å². The molecule has 0 aromatic heterocycles. The van der Waals surface area contributed by atoms with E-state index in [0.717, 1.165) is 24.3 Å². The maximum atomic E-state index is 13.0. The van der Waals surface area contributed by atoms with Gasteiger partial charge in [0, 0.05) is 12.1 Å². The van der Waals surface area contributed by atoms with Gasteiger partial charge in [-0.3, -0.25) is 10.1 Å². The number of hydrogen-bond donors (Lipinski definition) is 0. The minimum atomic E-state index is -4.99. The van der Waals surface area contributed by atoms with Crippen molar-refractivity contribution in [1.82, 2.24) is 0 Å². The molecule has 0 fully saturated rings. The van der Waals surface area contributed by atoms with Crippen LogP contribution in [-0.2, 0) is 10.2 Å². The van der Waals surface area contributed by atoms with Gasteiger partial charge in [0.25, 0.3) is 5.69 Å². The molecule has 0 unspecified atom stereocenters. The lowest BCUT2D eigenvalue weighted by Crippen LogP contribution is -1.95. The van der Waals surface area contributed by atoms with Crippen molar-refractivity contribution in [3.63, 3.8) is 0 Å². The number of halogens is 4. The van der Waals surface area contributed by atoms with Crippen molar-refractivity contribution in [3.05, 3.63) is 55.5 Å². The van der Waals surface area contributed by atoms with E-state index in [1.165, 1.54) is 6.07 Å². The monoisotopic (exact) mass is 399 g/mol. The molecule has 0 aliphatic carbocycles. The van der Waals surface area contributed by atoms with Crippen LogP contribution in [0.1, 0.15) is 0 Å². The number of non-ortho nitro benzene ring substituents is 1. The van der Waals surface area contributed by atoms with Gasteiger partial charge in [-0.2, -0.15) is 8.42 Å². The van der Waals surface area contributed by atoms with Gasteiger partial charge in [-0.15, -0.1) is 3.89 Å². The molecule has 2 aromatic carbocycles. The highest BCUT2D eigenvalue weighted by molar-refractivity contribution is 7.86. The van der Waals surface area contributed by atoms with Crippen molar-refractivity contribution in [2.45, 2.75) is 4.90 Å². The van der Waals surface area contributed by atoms with Crippen molar-refractivity contribution >= 4 is 50.7 Å². The molecule has 0 atom stereocenters. The van der Waals surface area contributed by atoms with Crippen LogP contribution in [0.5, 0.6) is 11.5 Å². The summed E-state index contributed by atoms with van der Waals surface area (Å²) in [4.78, 5) is 9.26. The zero-order valence-corrected chi connectivity index (χ0v) is 13.9. The Balaban J connectivity index is 2.43. The Labute approximate surface area is 144 Å². The maximum Gasteiger partial charge on any atom is 0.332 e. The van der Waals surface area contributed by atoms with Crippen LogP contribution in [0.3, 0.4) is 0 Å². The van der Waals surface area contributed by atoms with Gasteiger partial charge in [0.1, 0.15) is 10.6 Å². The van der Waals surface area contributed by atoms with E-state index < -0.39 is 20.0 Å². The summed E-state index contributed by atoms with van der Waals surface area (Å²) in [7, 11) is -4.99. The Hall–Kier alpha value is -1.61.